The van der Waals surface area contributed by atoms with Crippen LogP contribution in [0, 0.1) is 18.6 Å². The Kier molecular flexibility index (Phi) is 4.62. The number of carbonyl (C=O) groups is 1. The number of nitrogens with zero attached hydrogens (tertiary/aromatic N) is 3. The normalized spacial score (nSPS) is 15.8. The van der Waals surface area contributed by atoms with Gasteiger partial charge in [0.2, 0.25) is 11.8 Å². The first-order valence-corrected chi connectivity index (χ1v) is 7.83. The first-order chi connectivity index (χ1) is 11.4. The molecule has 1 amide bonds. The van der Waals surface area contributed by atoms with Gasteiger partial charge in [0.1, 0.15) is 17.4 Å². The number of halogens is 2. The summed E-state index contributed by atoms with van der Waals surface area (Å²) < 4.78 is 32.3. The molecule has 128 valence electrons. The number of hydrogen-bond donors (Lipinski definition) is 0. The third-order valence-electron chi connectivity index (χ3n) is 4.19. The quantitative estimate of drug-likeness (QED) is 0.865. The third-order valence-corrected chi connectivity index (χ3v) is 4.19. The number of carbonyl (C=O) groups excluding carboxylic acids is 1. The molecular weight excluding hydrogens is 316 g/mol. The molecule has 0 atom stereocenters. The number of benzene rings is 1. The highest BCUT2D eigenvalue weighted by molar-refractivity contribution is 5.73. The molecule has 0 radical (unpaired) electrons. The Bertz CT molecular complexity index is 732. The average Bonchev–Trinajstić information content (AvgIpc) is 2.88. The third kappa shape index (κ3) is 3.62. The number of piperazine rings is 1. The van der Waals surface area contributed by atoms with Gasteiger partial charge in [0.15, 0.2) is 0 Å². The molecule has 7 heteroatoms. The molecule has 24 heavy (non-hydrogen) atoms. The number of amides is 1. The minimum atomic E-state index is -0.664. The predicted octanol–water partition coefficient (Wildman–Crippen LogP) is 2.59. The van der Waals surface area contributed by atoms with Crippen molar-refractivity contribution in [1.29, 1.82) is 0 Å². The topological polar surface area (TPSA) is 49.6 Å². The van der Waals surface area contributed by atoms with Gasteiger partial charge in [-0.25, -0.2) is 13.8 Å². The Morgan fingerprint density at radius 2 is 1.79 bits per heavy atom. The Morgan fingerprint density at radius 3 is 2.38 bits per heavy atom. The van der Waals surface area contributed by atoms with Gasteiger partial charge in [-0.15, -0.1) is 0 Å². The lowest BCUT2D eigenvalue weighted by atomic mass is 10.2. The van der Waals surface area contributed by atoms with E-state index in [-0.39, 0.29) is 17.4 Å². The fourth-order valence-corrected chi connectivity index (χ4v) is 2.81. The zero-order valence-corrected chi connectivity index (χ0v) is 13.7. The number of aryl methyl sites for hydroxylation is 1. The van der Waals surface area contributed by atoms with Crippen LogP contribution in [-0.4, -0.2) is 46.9 Å². The van der Waals surface area contributed by atoms with Gasteiger partial charge >= 0.3 is 0 Å². The van der Waals surface area contributed by atoms with E-state index in [9.17, 15) is 13.6 Å². The van der Waals surface area contributed by atoms with Crippen molar-refractivity contribution >= 4 is 5.91 Å². The second-order valence-corrected chi connectivity index (χ2v) is 5.96. The van der Waals surface area contributed by atoms with Gasteiger partial charge in [0.25, 0.3) is 0 Å². The minimum Gasteiger partial charge on any atom is -0.441 e. The first kappa shape index (κ1) is 16.6. The average molecular weight is 335 g/mol. The van der Waals surface area contributed by atoms with Crippen molar-refractivity contribution in [3.05, 3.63) is 41.3 Å². The smallest absolute Gasteiger partial charge is 0.226 e. The molecule has 0 saturated carbocycles. The van der Waals surface area contributed by atoms with Crippen molar-refractivity contribution in [3.8, 4) is 11.5 Å². The van der Waals surface area contributed by atoms with Crippen molar-refractivity contribution < 1.29 is 18.0 Å². The number of aromatic nitrogens is 1. The molecule has 3 rings (SSSR count). The Morgan fingerprint density at radius 1 is 1.17 bits per heavy atom. The first-order valence-electron chi connectivity index (χ1n) is 7.83. The van der Waals surface area contributed by atoms with Gasteiger partial charge in [-0.05, 0) is 19.1 Å². The van der Waals surface area contributed by atoms with Crippen molar-refractivity contribution in [2.45, 2.75) is 20.4 Å². The summed E-state index contributed by atoms with van der Waals surface area (Å²) in [5.74, 6) is -0.403. The highest BCUT2D eigenvalue weighted by Gasteiger charge is 2.21. The molecule has 1 saturated heterocycles. The van der Waals surface area contributed by atoms with Gasteiger partial charge in [-0.2, -0.15) is 0 Å². The maximum atomic E-state index is 13.3. The summed E-state index contributed by atoms with van der Waals surface area (Å²) >= 11 is 0. The zero-order chi connectivity index (χ0) is 17.3. The van der Waals surface area contributed by atoms with Crippen LogP contribution in [0.25, 0.3) is 11.5 Å². The number of oxazole rings is 1. The Hall–Kier alpha value is -2.28. The van der Waals surface area contributed by atoms with E-state index in [0.717, 1.165) is 24.8 Å². The summed E-state index contributed by atoms with van der Waals surface area (Å²) in [6, 6.07) is 3.21. The maximum Gasteiger partial charge on any atom is 0.226 e. The minimum absolute atomic E-state index is 0.0858. The fourth-order valence-electron chi connectivity index (χ4n) is 2.81. The second kappa shape index (κ2) is 6.68. The fraction of sp³-hybridized carbons (Fsp3) is 0.412. The molecule has 1 aromatic carbocycles. The van der Waals surface area contributed by atoms with E-state index < -0.39 is 11.6 Å². The van der Waals surface area contributed by atoms with Gasteiger partial charge in [-0.3, -0.25) is 9.69 Å². The summed E-state index contributed by atoms with van der Waals surface area (Å²) in [4.78, 5) is 19.7. The van der Waals surface area contributed by atoms with E-state index in [1.807, 2.05) is 4.90 Å². The van der Waals surface area contributed by atoms with Gasteiger partial charge in [0.05, 0.1) is 5.69 Å². The van der Waals surface area contributed by atoms with E-state index in [4.69, 9.17) is 4.42 Å². The monoisotopic (exact) mass is 335 g/mol. The molecule has 1 fully saturated rings. The van der Waals surface area contributed by atoms with E-state index in [2.05, 4.69) is 9.88 Å². The molecule has 0 unspecified atom stereocenters. The molecule has 1 aliphatic heterocycles. The van der Waals surface area contributed by atoms with Crippen LogP contribution in [0.3, 0.4) is 0 Å². The van der Waals surface area contributed by atoms with Crippen molar-refractivity contribution in [3.63, 3.8) is 0 Å². The van der Waals surface area contributed by atoms with E-state index >= 15 is 0 Å². The van der Waals surface area contributed by atoms with E-state index in [0.29, 0.717) is 25.4 Å². The van der Waals surface area contributed by atoms with Crippen LogP contribution in [0.15, 0.2) is 22.6 Å². The summed E-state index contributed by atoms with van der Waals surface area (Å²) in [7, 11) is 0. The molecule has 1 aromatic heterocycles. The molecule has 2 aromatic rings. The van der Waals surface area contributed by atoms with Crippen LogP contribution in [0.1, 0.15) is 18.4 Å². The highest BCUT2D eigenvalue weighted by Crippen LogP contribution is 2.24. The maximum absolute atomic E-state index is 13.3. The Labute approximate surface area is 138 Å². The van der Waals surface area contributed by atoms with Gasteiger partial charge in [0, 0.05) is 51.3 Å². The van der Waals surface area contributed by atoms with Crippen molar-refractivity contribution in [2.24, 2.45) is 0 Å². The molecule has 2 heterocycles. The lowest BCUT2D eigenvalue weighted by Crippen LogP contribution is -2.47. The van der Waals surface area contributed by atoms with Crippen LogP contribution >= 0.6 is 0 Å². The molecule has 0 aliphatic carbocycles. The van der Waals surface area contributed by atoms with E-state index in [1.54, 1.807) is 13.8 Å². The predicted molar refractivity (Wildman–Crippen MR) is 84.1 cm³/mol. The molecular formula is C17H19F2N3O2. The van der Waals surface area contributed by atoms with Crippen LogP contribution in [0.5, 0.6) is 0 Å². The molecule has 0 spiro atoms. The summed E-state index contributed by atoms with van der Waals surface area (Å²) in [6.07, 6.45) is 0. The van der Waals surface area contributed by atoms with Crippen LogP contribution in [0.2, 0.25) is 0 Å². The van der Waals surface area contributed by atoms with Crippen LogP contribution in [0.4, 0.5) is 8.78 Å². The largest absolute Gasteiger partial charge is 0.441 e. The number of hydrogen-bond acceptors (Lipinski definition) is 4. The highest BCUT2D eigenvalue weighted by atomic mass is 19.1. The van der Waals surface area contributed by atoms with E-state index in [1.165, 1.54) is 12.1 Å². The lowest BCUT2D eigenvalue weighted by molar-refractivity contribution is -0.130. The Balaban J connectivity index is 1.72. The lowest BCUT2D eigenvalue weighted by Gasteiger charge is -2.33. The molecule has 0 N–H and O–H groups in total. The van der Waals surface area contributed by atoms with Gasteiger partial charge < -0.3 is 9.32 Å². The SMILES string of the molecule is CC(=O)N1CCN(Cc2nc(-c3cc(F)cc(F)c3)oc2C)CC1. The van der Waals surface area contributed by atoms with Crippen molar-refractivity contribution in [2.75, 3.05) is 26.2 Å². The second-order valence-electron chi connectivity index (χ2n) is 5.96. The number of rotatable bonds is 3. The molecule has 1 aliphatic rings. The standard InChI is InChI=1S/C17H19F2N3O2/c1-11-16(10-21-3-5-22(6-4-21)12(2)23)20-17(24-11)13-7-14(18)9-15(19)8-13/h7-9H,3-6,10H2,1-2H3. The zero-order valence-electron chi connectivity index (χ0n) is 13.7. The van der Waals surface area contributed by atoms with Crippen molar-refractivity contribution in [1.82, 2.24) is 14.8 Å². The molecule has 5 nitrogen and oxygen atoms in total. The summed E-state index contributed by atoms with van der Waals surface area (Å²) in [5, 5.41) is 0. The summed E-state index contributed by atoms with van der Waals surface area (Å²) in [5.41, 5.74) is 1.02. The summed E-state index contributed by atoms with van der Waals surface area (Å²) in [6.45, 7) is 6.84. The van der Waals surface area contributed by atoms with Crippen LogP contribution in [-0.2, 0) is 11.3 Å². The molecule has 0 bridgehead atoms. The van der Waals surface area contributed by atoms with Gasteiger partial charge in [-0.1, -0.05) is 0 Å². The van der Waals surface area contributed by atoms with Crippen LogP contribution < -0.4 is 0 Å².